The number of hydrogen-bond donors (Lipinski definition) is 2. The van der Waals surface area contributed by atoms with Crippen molar-refractivity contribution in [3.05, 3.63) is 70.9 Å². The first-order valence-corrected chi connectivity index (χ1v) is 7.20. The fraction of sp³-hybridized carbons (Fsp3) is 0.118. The third-order valence-corrected chi connectivity index (χ3v) is 3.77. The molecule has 1 aromatic heterocycles. The van der Waals surface area contributed by atoms with Crippen molar-refractivity contribution >= 4 is 17.3 Å². The summed E-state index contributed by atoms with van der Waals surface area (Å²) in [6, 6.07) is 16.1. The van der Waals surface area contributed by atoms with Crippen molar-refractivity contribution in [2.75, 3.05) is 5.32 Å². The summed E-state index contributed by atoms with van der Waals surface area (Å²) in [4.78, 5) is 0. The lowest BCUT2D eigenvalue weighted by Crippen LogP contribution is -2.02. The standard InChI is InChI=1S/C17H16ClN3/c1-12-6-5-9-15(18)16(12)19-10-14-11-20-21-17(14)13-7-3-2-4-8-13/h2-9,11,19H,10H2,1H3,(H,20,21). The third-order valence-electron chi connectivity index (χ3n) is 3.46. The lowest BCUT2D eigenvalue weighted by molar-refractivity contribution is 1.10. The Kier molecular flexibility index (Phi) is 3.93. The van der Waals surface area contributed by atoms with E-state index in [1.54, 1.807) is 0 Å². The Bertz CT molecular complexity index is 715. The van der Waals surface area contributed by atoms with Gasteiger partial charge in [-0.2, -0.15) is 5.10 Å². The average Bonchev–Trinajstić information content (AvgIpc) is 2.96. The first kappa shape index (κ1) is 13.7. The Morgan fingerprint density at radius 2 is 1.90 bits per heavy atom. The quantitative estimate of drug-likeness (QED) is 0.736. The van der Waals surface area contributed by atoms with Crippen LogP contribution in [0.3, 0.4) is 0 Å². The highest BCUT2D eigenvalue weighted by Crippen LogP contribution is 2.27. The molecular formula is C17H16ClN3. The molecule has 0 aliphatic rings. The van der Waals surface area contributed by atoms with Gasteiger partial charge in [0.1, 0.15) is 0 Å². The number of aromatic nitrogens is 2. The number of nitrogens with one attached hydrogen (secondary N) is 2. The van der Waals surface area contributed by atoms with Gasteiger partial charge in [0.05, 0.1) is 22.6 Å². The SMILES string of the molecule is Cc1cccc(Cl)c1NCc1cn[nH]c1-c1ccccc1. The Balaban J connectivity index is 1.83. The van der Waals surface area contributed by atoms with Crippen molar-refractivity contribution < 1.29 is 0 Å². The molecule has 106 valence electrons. The van der Waals surface area contributed by atoms with Crippen LogP contribution in [0, 0.1) is 6.92 Å². The fourth-order valence-corrected chi connectivity index (χ4v) is 2.63. The van der Waals surface area contributed by atoms with E-state index in [1.165, 1.54) is 0 Å². The first-order chi connectivity index (χ1) is 10.3. The highest BCUT2D eigenvalue weighted by atomic mass is 35.5. The van der Waals surface area contributed by atoms with E-state index in [9.17, 15) is 0 Å². The summed E-state index contributed by atoms with van der Waals surface area (Å²) in [6.45, 7) is 2.72. The molecule has 0 aliphatic heterocycles. The summed E-state index contributed by atoms with van der Waals surface area (Å²) in [6.07, 6.45) is 1.85. The maximum atomic E-state index is 6.24. The van der Waals surface area contributed by atoms with Gasteiger partial charge in [-0.1, -0.05) is 54.1 Å². The summed E-state index contributed by atoms with van der Waals surface area (Å²) in [5, 5.41) is 11.4. The van der Waals surface area contributed by atoms with E-state index in [1.807, 2.05) is 49.5 Å². The Labute approximate surface area is 129 Å². The van der Waals surface area contributed by atoms with Crippen LogP contribution < -0.4 is 5.32 Å². The number of anilines is 1. The van der Waals surface area contributed by atoms with E-state index in [2.05, 4.69) is 27.6 Å². The van der Waals surface area contributed by atoms with E-state index in [4.69, 9.17) is 11.6 Å². The van der Waals surface area contributed by atoms with Gasteiger partial charge in [0.25, 0.3) is 0 Å². The fourth-order valence-electron chi connectivity index (χ4n) is 2.34. The van der Waals surface area contributed by atoms with Gasteiger partial charge in [-0.3, -0.25) is 5.10 Å². The molecule has 1 heterocycles. The Morgan fingerprint density at radius 3 is 2.67 bits per heavy atom. The van der Waals surface area contributed by atoms with Gasteiger partial charge in [0.2, 0.25) is 0 Å². The van der Waals surface area contributed by atoms with Gasteiger partial charge in [-0.25, -0.2) is 0 Å². The first-order valence-electron chi connectivity index (χ1n) is 6.82. The number of H-pyrrole nitrogens is 1. The predicted octanol–water partition coefficient (Wildman–Crippen LogP) is 4.65. The number of para-hydroxylation sites is 1. The van der Waals surface area contributed by atoms with Crippen LogP contribution in [0.4, 0.5) is 5.69 Å². The van der Waals surface area contributed by atoms with Crippen molar-refractivity contribution in [3.63, 3.8) is 0 Å². The van der Waals surface area contributed by atoms with E-state index in [0.29, 0.717) is 6.54 Å². The van der Waals surface area contributed by atoms with Crippen LogP contribution in [0.15, 0.2) is 54.7 Å². The second-order valence-electron chi connectivity index (χ2n) is 4.92. The van der Waals surface area contributed by atoms with E-state index >= 15 is 0 Å². The van der Waals surface area contributed by atoms with Gasteiger partial charge < -0.3 is 5.32 Å². The molecular weight excluding hydrogens is 282 g/mol. The van der Waals surface area contributed by atoms with Gasteiger partial charge in [0, 0.05) is 12.1 Å². The molecule has 2 aromatic carbocycles. The molecule has 3 nitrogen and oxygen atoms in total. The minimum absolute atomic E-state index is 0.672. The number of nitrogens with zero attached hydrogens (tertiary/aromatic N) is 1. The lowest BCUT2D eigenvalue weighted by atomic mass is 10.1. The van der Waals surface area contributed by atoms with Crippen LogP contribution in [0.5, 0.6) is 0 Å². The minimum Gasteiger partial charge on any atom is -0.379 e. The molecule has 0 fully saturated rings. The van der Waals surface area contributed by atoms with Crippen LogP contribution in [-0.4, -0.2) is 10.2 Å². The molecule has 0 aliphatic carbocycles. The second-order valence-corrected chi connectivity index (χ2v) is 5.33. The molecule has 0 saturated heterocycles. The van der Waals surface area contributed by atoms with Crippen molar-refractivity contribution in [2.45, 2.75) is 13.5 Å². The van der Waals surface area contributed by atoms with Crippen molar-refractivity contribution in [3.8, 4) is 11.3 Å². The zero-order valence-electron chi connectivity index (χ0n) is 11.7. The Morgan fingerprint density at radius 1 is 1.10 bits per heavy atom. The summed E-state index contributed by atoms with van der Waals surface area (Å²) >= 11 is 6.24. The molecule has 0 amide bonds. The average molecular weight is 298 g/mol. The normalized spacial score (nSPS) is 10.6. The molecule has 3 rings (SSSR count). The van der Waals surface area contributed by atoms with Gasteiger partial charge >= 0.3 is 0 Å². The number of halogens is 1. The van der Waals surface area contributed by atoms with Crippen molar-refractivity contribution in [2.24, 2.45) is 0 Å². The topological polar surface area (TPSA) is 40.7 Å². The number of aromatic amines is 1. The number of rotatable bonds is 4. The van der Waals surface area contributed by atoms with Crippen LogP contribution in [0.2, 0.25) is 5.02 Å². The summed E-state index contributed by atoms with van der Waals surface area (Å²) in [7, 11) is 0. The van der Waals surface area contributed by atoms with Crippen LogP contribution >= 0.6 is 11.6 Å². The second kappa shape index (κ2) is 6.02. The number of aryl methyl sites for hydroxylation is 1. The van der Waals surface area contributed by atoms with Gasteiger partial charge in [-0.05, 0) is 24.1 Å². The molecule has 2 N–H and O–H groups in total. The molecule has 0 saturated carbocycles. The molecule has 0 bridgehead atoms. The largest absolute Gasteiger partial charge is 0.379 e. The number of benzene rings is 2. The highest BCUT2D eigenvalue weighted by molar-refractivity contribution is 6.33. The molecule has 0 spiro atoms. The molecule has 21 heavy (non-hydrogen) atoms. The zero-order chi connectivity index (χ0) is 14.7. The third kappa shape index (κ3) is 2.93. The minimum atomic E-state index is 0.672. The summed E-state index contributed by atoms with van der Waals surface area (Å²) in [5.74, 6) is 0. The molecule has 0 unspecified atom stereocenters. The predicted molar refractivity (Wildman–Crippen MR) is 87.5 cm³/mol. The summed E-state index contributed by atoms with van der Waals surface area (Å²) in [5.41, 5.74) is 5.38. The van der Waals surface area contributed by atoms with Gasteiger partial charge in [0.15, 0.2) is 0 Å². The zero-order valence-corrected chi connectivity index (χ0v) is 12.5. The number of hydrogen-bond acceptors (Lipinski definition) is 2. The Hall–Kier alpha value is -2.26. The van der Waals surface area contributed by atoms with Crippen molar-refractivity contribution in [1.82, 2.24) is 10.2 Å². The maximum Gasteiger partial charge on any atom is 0.0700 e. The van der Waals surface area contributed by atoms with E-state index in [-0.39, 0.29) is 0 Å². The van der Waals surface area contributed by atoms with E-state index in [0.717, 1.165) is 33.1 Å². The lowest BCUT2D eigenvalue weighted by Gasteiger charge is -2.11. The van der Waals surface area contributed by atoms with Crippen LogP contribution in [-0.2, 0) is 6.54 Å². The monoisotopic (exact) mass is 297 g/mol. The van der Waals surface area contributed by atoms with E-state index < -0.39 is 0 Å². The molecule has 4 heteroatoms. The summed E-state index contributed by atoms with van der Waals surface area (Å²) < 4.78 is 0. The molecule has 0 atom stereocenters. The maximum absolute atomic E-state index is 6.24. The van der Waals surface area contributed by atoms with Gasteiger partial charge in [-0.15, -0.1) is 0 Å². The highest BCUT2D eigenvalue weighted by Gasteiger charge is 2.09. The van der Waals surface area contributed by atoms with Crippen LogP contribution in [0.25, 0.3) is 11.3 Å². The molecule has 3 aromatic rings. The smallest absolute Gasteiger partial charge is 0.0700 e. The molecule has 0 radical (unpaired) electrons. The van der Waals surface area contributed by atoms with Crippen LogP contribution in [0.1, 0.15) is 11.1 Å². The van der Waals surface area contributed by atoms with Crippen molar-refractivity contribution in [1.29, 1.82) is 0 Å².